The number of carbonyl (C=O) groups is 1. The Labute approximate surface area is 153 Å². The van der Waals surface area contributed by atoms with Gasteiger partial charge in [0.1, 0.15) is 0 Å². The van der Waals surface area contributed by atoms with Crippen LogP contribution in [0.1, 0.15) is 37.3 Å². The number of amides is 1. The number of para-hydroxylation sites is 1. The zero-order valence-electron chi connectivity index (χ0n) is 14.8. The van der Waals surface area contributed by atoms with Gasteiger partial charge in [-0.25, -0.2) is 0 Å². The van der Waals surface area contributed by atoms with E-state index in [1.807, 2.05) is 57.3 Å². The first kappa shape index (κ1) is 17.6. The Morgan fingerprint density at radius 1 is 1.16 bits per heavy atom. The Bertz CT molecular complexity index is 898. The fraction of sp³-hybridized carbons (Fsp3) is 0.286. The highest BCUT2D eigenvalue weighted by Crippen LogP contribution is 2.35. The maximum absolute atomic E-state index is 12.5. The van der Waals surface area contributed by atoms with E-state index in [-0.39, 0.29) is 17.9 Å². The molecule has 1 amide bonds. The van der Waals surface area contributed by atoms with E-state index in [1.165, 1.54) is 5.39 Å². The second-order valence-corrected chi connectivity index (χ2v) is 7.18. The van der Waals surface area contributed by atoms with Gasteiger partial charge >= 0.3 is 0 Å². The van der Waals surface area contributed by atoms with Gasteiger partial charge in [-0.15, -0.1) is 0 Å². The molecule has 1 aromatic heterocycles. The Balaban J connectivity index is 2.08. The molecule has 0 saturated carbocycles. The van der Waals surface area contributed by atoms with E-state index in [9.17, 15) is 4.79 Å². The standard InChI is InChI=1S/C21H23ClN2O/c1-14(2)23-21(25)12-18(15-7-6-8-16(22)11-15)19-13-24(3)20-10-5-4-9-17(19)20/h4-11,13-14,18H,12H2,1-3H3,(H,23,25). The lowest BCUT2D eigenvalue weighted by atomic mass is 9.88. The van der Waals surface area contributed by atoms with Gasteiger partial charge < -0.3 is 9.88 Å². The molecule has 0 fully saturated rings. The maximum Gasteiger partial charge on any atom is 0.221 e. The van der Waals surface area contributed by atoms with E-state index in [1.54, 1.807) is 0 Å². The smallest absolute Gasteiger partial charge is 0.221 e. The first-order valence-corrected chi connectivity index (χ1v) is 8.92. The van der Waals surface area contributed by atoms with Crippen LogP contribution in [0.4, 0.5) is 0 Å². The molecule has 1 N–H and O–H groups in total. The molecule has 3 rings (SSSR count). The molecule has 25 heavy (non-hydrogen) atoms. The number of fused-ring (bicyclic) bond motifs is 1. The lowest BCUT2D eigenvalue weighted by Gasteiger charge is -2.18. The van der Waals surface area contributed by atoms with E-state index in [0.717, 1.165) is 16.6 Å². The van der Waals surface area contributed by atoms with Crippen LogP contribution in [-0.2, 0) is 11.8 Å². The van der Waals surface area contributed by atoms with Crippen LogP contribution >= 0.6 is 11.6 Å². The van der Waals surface area contributed by atoms with E-state index < -0.39 is 0 Å². The van der Waals surface area contributed by atoms with Crippen LogP contribution in [0.5, 0.6) is 0 Å². The summed E-state index contributed by atoms with van der Waals surface area (Å²) in [6, 6.07) is 16.2. The summed E-state index contributed by atoms with van der Waals surface area (Å²) in [6.45, 7) is 3.95. The third-order valence-electron chi connectivity index (χ3n) is 4.39. The van der Waals surface area contributed by atoms with Crippen molar-refractivity contribution in [3.63, 3.8) is 0 Å². The maximum atomic E-state index is 12.5. The van der Waals surface area contributed by atoms with Crippen molar-refractivity contribution in [2.24, 2.45) is 7.05 Å². The van der Waals surface area contributed by atoms with Crippen LogP contribution in [0.25, 0.3) is 10.9 Å². The molecule has 2 aromatic carbocycles. The number of nitrogens with one attached hydrogen (secondary N) is 1. The second kappa shape index (κ2) is 7.32. The molecule has 1 unspecified atom stereocenters. The van der Waals surface area contributed by atoms with Crippen molar-refractivity contribution in [2.75, 3.05) is 0 Å². The summed E-state index contributed by atoms with van der Waals surface area (Å²) in [4.78, 5) is 12.5. The highest BCUT2D eigenvalue weighted by Gasteiger charge is 2.22. The lowest BCUT2D eigenvalue weighted by molar-refractivity contribution is -0.121. The fourth-order valence-electron chi connectivity index (χ4n) is 3.35. The quantitative estimate of drug-likeness (QED) is 0.696. The predicted octanol–water partition coefficient (Wildman–Crippen LogP) is 4.88. The molecular weight excluding hydrogens is 332 g/mol. The monoisotopic (exact) mass is 354 g/mol. The van der Waals surface area contributed by atoms with Gasteiger partial charge in [0.15, 0.2) is 0 Å². The Kier molecular flexibility index (Phi) is 5.14. The number of halogens is 1. The van der Waals surface area contributed by atoms with Gasteiger partial charge in [-0.3, -0.25) is 4.79 Å². The minimum atomic E-state index is -0.0384. The van der Waals surface area contributed by atoms with Crippen LogP contribution in [-0.4, -0.2) is 16.5 Å². The molecule has 4 heteroatoms. The summed E-state index contributed by atoms with van der Waals surface area (Å²) < 4.78 is 2.11. The molecule has 3 nitrogen and oxygen atoms in total. The molecular formula is C21H23ClN2O. The van der Waals surface area contributed by atoms with Crippen LogP contribution in [0.15, 0.2) is 54.7 Å². The molecule has 0 aliphatic carbocycles. The average Bonchev–Trinajstić information content (AvgIpc) is 2.89. The van der Waals surface area contributed by atoms with E-state index in [2.05, 4.69) is 28.2 Å². The summed E-state index contributed by atoms with van der Waals surface area (Å²) in [5.41, 5.74) is 3.37. The number of nitrogens with zero attached hydrogens (tertiary/aromatic N) is 1. The van der Waals surface area contributed by atoms with Gasteiger partial charge in [0.25, 0.3) is 0 Å². The minimum absolute atomic E-state index is 0.0384. The van der Waals surface area contributed by atoms with E-state index in [0.29, 0.717) is 11.4 Å². The third-order valence-corrected chi connectivity index (χ3v) is 4.63. The summed E-state index contributed by atoms with van der Waals surface area (Å²) in [5, 5.41) is 4.86. The molecule has 0 radical (unpaired) electrons. The molecule has 1 heterocycles. The number of aryl methyl sites for hydroxylation is 1. The lowest BCUT2D eigenvalue weighted by Crippen LogP contribution is -2.31. The van der Waals surface area contributed by atoms with Gasteiger partial charge in [-0.2, -0.15) is 0 Å². The molecule has 3 aromatic rings. The van der Waals surface area contributed by atoms with Crippen molar-refractivity contribution < 1.29 is 4.79 Å². The first-order valence-electron chi connectivity index (χ1n) is 8.54. The molecule has 0 spiro atoms. The predicted molar refractivity (Wildman–Crippen MR) is 104 cm³/mol. The van der Waals surface area contributed by atoms with Crippen molar-refractivity contribution >= 4 is 28.4 Å². The molecule has 0 bridgehead atoms. The summed E-state index contributed by atoms with van der Waals surface area (Å²) in [5.74, 6) is 0.0106. The normalized spacial score (nSPS) is 12.5. The van der Waals surface area contributed by atoms with Gasteiger partial charge in [0.2, 0.25) is 5.91 Å². The van der Waals surface area contributed by atoms with Crippen molar-refractivity contribution in [1.29, 1.82) is 0 Å². The Morgan fingerprint density at radius 3 is 2.64 bits per heavy atom. The molecule has 130 valence electrons. The van der Waals surface area contributed by atoms with Crippen molar-refractivity contribution in [1.82, 2.24) is 9.88 Å². The summed E-state index contributed by atoms with van der Waals surface area (Å²) in [6.07, 6.45) is 2.52. The van der Waals surface area contributed by atoms with Gasteiger partial charge in [-0.1, -0.05) is 41.9 Å². The second-order valence-electron chi connectivity index (χ2n) is 6.75. The zero-order chi connectivity index (χ0) is 18.0. The van der Waals surface area contributed by atoms with Gasteiger partial charge in [0.05, 0.1) is 0 Å². The minimum Gasteiger partial charge on any atom is -0.354 e. The van der Waals surface area contributed by atoms with Crippen LogP contribution < -0.4 is 5.32 Å². The summed E-state index contributed by atoms with van der Waals surface area (Å²) in [7, 11) is 2.04. The number of benzene rings is 2. The number of carbonyl (C=O) groups excluding carboxylic acids is 1. The summed E-state index contributed by atoms with van der Waals surface area (Å²) >= 11 is 6.21. The van der Waals surface area contributed by atoms with E-state index in [4.69, 9.17) is 11.6 Å². The highest BCUT2D eigenvalue weighted by atomic mass is 35.5. The number of hydrogen-bond donors (Lipinski definition) is 1. The van der Waals surface area contributed by atoms with Crippen LogP contribution in [0, 0.1) is 0 Å². The zero-order valence-corrected chi connectivity index (χ0v) is 15.5. The number of aromatic nitrogens is 1. The van der Waals surface area contributed by atoms with Gasteiger partial charge in [-0.05, 0) is 43.2 Å². The fourth-order valence-corrected chi connectivity index (χ4v) is 3.55. The third kappa shape index (κ3) is 3.88. The Morgan fingerprint density at radius 2 is 1.92 bits per heavy atom. The van der Waals surface area contributed by atoms with Crippen LogP contribution in [0.3, 0.4) is 0 Å². The Hall–Kier alpha value is -2.26. The average molecular weight is 355 g/mol. The topological polar surface area (TPSA) is 34.0 Å². The first-order chi connectivity index (χ1) is 12.0. The largest absolute Gasteiger partial charge is 0.354 e. The molecule has 0 aliphatic heterocycles. The number of rotatable bonds is 5. The molecule has 0 saturated heterocycles. The molecule has 1 atom stereocenters. The number of hydrogen-bond acceptors (Lipinski definition) is 1. The SMILES string of the molecule is CC(C)NC(=O)CC(c1cccc(Cl)c1)c1cn(C)c2ccccc12. The van der Waals surface area contributed by atoms with Crippen LogP contribution in [0.2, 0.25) is 5.02 Å². The van der Waals surface area contributed by atoms with Crippen molar-refractivity contribution in [2.45, 2.75) is 32.2 Å². The van der Waals surface area contributed by atoms with Crippen molar-refractivity contribution in [3.8, 4) is 0 Å². The van der Waals surface area contributed by atoms with Gasteiger partial charge in [0, 0.05) is 47.6 Å². The highest BCUT2D eigenvalue weighted by molar-refractivity contribution is 6.30. The van der Waals surface area contributed by atoms with E-state index >= 15 is 0 Å². The van der Waals surface area contributed by atoms with Crippen molar-refractivity contribution in [3.05, 3.63) is 70.9 Å². The molecule has 0 aliphatic rings.